The molecule has 6 atom stereocenters. The van der Waals surface area contributed by atoms with Crippen LogP contribution in [0.15, 0.2) is 47.6 Å². The molecule has 0 amide bonds. The van der Waals surface area contributed by atoms with Gasteiger partial charge in [-0.1, -0.05) is 0 Å². The summed E-state index contributed by atoms with van der Waals surface area (Å²) < 4.78 is 2.03. The molecular weight excluding hydrogens is 331 g/mol. The Labute approximate surface area is 141 Å². The van der Waals surface area contributed by atoms with Crippen LogP contribution in [0.5, 0.6) is 0 Å². The van der Waals surface area contributed by atoms with E-state index in [1.54, 1.807) is 0 Å². The van der Waals surface area contributed by atoms with Gasteiger partial charge in [0.05, 0.1) is 0 Å². The van der Waals surface area contributed by atoms with E-state index in [0.29, 0.717) is 0 Å². The molecule has 0 spiro atoms. The summed E-state index contributed by atoms with van der Waals surface area (Å²) >= 11 is -0.397. The number of fused-ring (bicyclic) bond motifs is 2. The van der Waals surface area contributed by atoms with E-state index in [1.807, 2.05) is 11.1 Å². The van der Waals surface area contributed by atoms with Gasteiger partial charge in [0.1, 0.15) is 0 Å². The van der Waals surface area contributed by atoms with E-state index in [4.69, 9.17) is 0 Å². The molecule has 1 heteroatoms. The van der Waals surface area contributed by atoms with Crippen LogP contribution >= 0.6 is 0 Å². The number of hydrogen-bond donors (Lipinski definition) is 0. The molecule has 0 aliphatic heterocycles. The van der Waals surface area contributed by atoms with Crippen molar-refractivity contribution in [1.29, 1.82) is 0 Å². The second-order valence-electron chi connectivity index (χ2n) is 7.60. The van der Waals surface area contributed by atoms with Gasteiger partial charge in [-0.3, -0.25) is 0 Å². The fourth-order valence-electron chi connectivity index (χ4n) is 5.11. The average molecular weight is 358 g/mol. The van der Waals surface area contributed by atoms with E-state index in [1.165, 1.54) is 25.7 Å². The third-order valence-corrected chi connectivity index (χ3v) is 12.4. The zero-order valence-electron chi connectivity index (χ0n) is 13.3. The Morgan fingerprint density at radius 2 is 1.29 bits per heavy atom. The van der Waals surface area contributed by atoms with E-state index in [2.05, 4.69) is 50.3 Å². The maximum absolute atomic E-state index is 2.54. The minimum atomic E-state index is -0.397. The molecular formula is C20H26Zr. The van der Waals surface area contributed by atoms with Gasteiger partial charge in [0.2, 0.25) is 0 Å². The van der Waals surface area contributed by atoms with Crippen LogP contribution in [0.2, 0.25) is 7.25 Å². The third-order valence-electron chi connectivity index (χ3n) is 6.16. The Balaban J connectivity index is 1.57. The van der Waals surface area contributed by atoms with Crippen molar-refractivity contribution in [3.8, 4) is 0 Å². The second kappa shape index (κ2) is 5.80. The molecule has 0 aromatic rings. The molecule has 2 saturated carbocycles. The Hall–Kier alpha value is -0.157. The first-order valence-corrected chi connectivity index (χ1v) is 11.6. The summed E-state index contributed by atoms with van der Waals surface area (Å²) in [7, 11) is 0. The predicted octanol–water partition coefficient (Wildman–Crippen LogP) is 5.73. The molecule has 0 aromatic heterocycles. The van der Waals surface area contributed by atoms with E-state index in [9.17, 15) is 0 Å². The predicted molar refractivity (Wildman–Crippen MR) is 85.7 cm³/mol. The monoisotopic (exact) mass is 356 g/mol. The topological polar surface area (TPSA) is 0 Å². The summed E-state index contributed by atoms with van der Waals surface area (Å²) in [4.78, 5) is 0. The molecule has 0 bridgehead atoms. The summed E-state index contributed by atoms with van der Waals surface area (Å²) in [5, 5.41) is 0. The van der Waals surface area contributed by atoms with Crippen molar-refractivity contribution in [2.24, 2.45) is 23.7 Å². The van der Waals surface area contributed by atoms with Gasteiger partial charge in [-0.25, -0.2) is 0 Å². The third kappa shape index (κ3) is 2.54. The standard InChI is InChI=1S/2C10H13.Zr/c2*1-8-6-9-4-2-3-5-10(9)7-8;/h2*2-4,6,8,10H,5,7H2,1H3;. The molecule has 0 aromatic carbocycles. The van der Waals surface area contributed by atoms with Gasteiger partial charge < -0.3 is 0 Å². The zero-order chi connectivity index (χ0) is 14.4. The van der Waals surface area contributed by atoms with Crippen LogP contribution in [0.3, 0.4) is 0 Å². The van der Waals surface area contributed by atoms with E-state index in [-0.39, 0.29) is 0 Å². The molecule has 0 radical (unpaired) electrons. The van der Waals surface area contributed by atoms with Gasteiger partial charge in [0.25, 0.3) is 0 Å². The van der Waals surface area contributed by atoms with Crippen LogP contribution in [0.4, 0.5) is 0 Å². The van der Waals surface area contributed by atoms with Crippen LogP contribution in [-0.2, 0) is 23.2 Å². The van der Waals surface area contributed by atoms with Crippen molar-refractivity contribution in [3.05, 3.63) is 47.6 Å². The van der Waals surface area contributed by atoms with Crippen LogP contribution in [0.25, 0.3) is 0 Å². The fourth-order valence-corrected chi connectivity index (χ4v) is 10.9. The Morgan fingerprint density at radius 3 is 1.76 bits per heavy atom. The maximum atomic E-state index is 2.54. The molecule has 2 fully saturated rings. The molecule has 0 heterocycles. The SMILES string of the molecule is CC1CC2CC=CC=C2[CH]1[Zr][CH]1C2=CC=CCC2CC1C. The quantitative estimate of drug-likeness (QED) is 0.592. The van der Waals surface area contributed by atoms with Gasteiger partial charge in [0, 0.05) is 0 Å². The van der Waals surface area contributed by atoms with E-state index >= 15 is 0 Å². The Bertz CT molecular complexity index is 488. The van der Waals surface area contributed by atoms with Crippen molar-refractivity contribution in [2.75, 3.05) is 0 Å². The molecule has 6 unspecified atom stereocenters. The van der Waals surface area contributed by atoms with Crippen molar-refractivity contribution in [3.63, 3.8) is 0 Å². The fraction of sp³-hybridized carbons (Fsp3) is 0.600. The number of hydrogen-bond acceptors (Lipinski definition) is 0. The van der Waals surface area contributed by atoms with Gasteiger partial charge in [-0.2, -0.15) is 0 Å². The number of rotatable bonds is 2. The van der Waals surface area contributed by atoms with Crippen LogP contribution in [-0.4, -0.2) is 0 Å². The Morgan fingerprint density at radius 1 is 0.810 bits per heavy atom. The van der Waals surface area contributed by atoms with Gasteiger partial charge in [-0.15, -0.1) is 0 Å². The van der Waals surface area contributed by atoms with Gasteiger partial charge in [-0.05, 0) is 0 Å². The van der Waals surface area contributed by atoms with Crippen LogP contribution < -0.4 is 0 Å². The molecule has 0 saturated heterocycles. The van der Waals surface area contributed by atoms with Gasteiger partial charge in [0.15, 0.2) is 0 Å². The number of allylic oxidation sites excluding steroid dienone is 8. The van der Waals surface area contributed by atoms with Crippen LogP contribution in [0, 0.1) is 23.7 Å². The average Bonchev–Trinajstić information content (AvgIpc) is 2.97. The summed E-state index contributed by atoms with van der Waals surface area (Å²) in [5.74, 6) is 3.73. The Kier molecular flexibility index (Phi) is 3.99. The van der Waals surface area contributed by atoms with E-state index in [0.717, 1.165) is 30.9 Å². The summed E-state index contributed by atoms with van der Waals surface area (Å²) in [5.41, 5.74) is 3.72. The van der Waals surface area contributed by atoms with Gasteiger partial charge >= 0.3 is 141 Å². The molecule has 0 N–H and O–H groups in total. The van der Waals surface area contributed by atoms with Crippen molar-refractivity contribution < 1.29 is 23.2 Å². The van der Waals surface area contributed by atoms with Crippen molar-refractivity contribution in [1.82, 2.24) is 0 Å². The molecule has 110 valence electrons. The normalized spacial score (nSPS) is 44.1. The first kappa shape index (κ1) is 14.4. The molecule has 4 aliphatic rings. The molecule has 4 aliphatic carbocycles. The molecule has 4 rings (SSSR count). The van der Waals surface area contributed by atoms with Crippen LogP contribution in [0.1, 0.15) is 39.5 Å². The first-order valence-electron chi connectivity index (χ1n) is 8.73. The minimum absolute atomic E-state index is 0.397. The van der Waals surface area contributed by atoms with Crippen molar-refractivity contribution >= 4 is 0 Å². The first-order chi connectivity index (χ1) is 10.2. The summed E-state index contributed by atoms with van der Waals surface area (Å²) in [6.45, 7) is 5.08. The zero-order valence-corrected chi connectivity index (χ0v) is 15.7. The molecule has 0 nitrogen and oxygen atoms in total. The van der Waals surface area contributed by atoms with E-state index < -0.39 is 23.2 Å². The molecule has 21 heavy (non-hydrogen) atoms. The summed E-state index contributed by atoms with van der Waals surface area (Å²) in [6, 6.07) is 0. The van der Waals surface area contributed by atoms with Crippen molar-refractivity contribution in [2.45, 2.75) is 46.8 Å². The second-order valence-corrected chi connectivity index (χ2v) is 11.5. The summed E-state index contributed by atoms with van der Waals surface area (Å²) in [6.07, 6.45) is 20.0.